The van der Waals surface area contributed by atoms with E-state index in [-0.39, 0.29) is 0 Å². The highest BCUT2D eigenvalue weighted by atomic mass is 16.3. The van der Waals surface area contributed by atoms with Crippen LogP contribution in [0.3, 0.4) is 0 Å². The Morgan fingerprint density at radius 1 is 0.451 bits per heavy atom. The van der Waals surface area contributed by atoms with E-state index >= 15 is 0 Å². The molecule has 0 saturated heterocycles. The van der Waals surface area contributed by atoms with E-state index in [0.29, 0.717) is 12.3 Å². The number of fused-ring (bicyclic) bond motifs is 7. The van der Waals surface area contributed by atoms with Gasteiger partial charge in [0.25, 0.3) is 0 Å². The topological polar surface area (TPSA) is 42.8 Å². The molecule has 7 aromatic carbocycles. The van der Waals surface area contributed by atoms with Gasteiger partial charge >= 0.3 is 0 Å². The normalized spacial score (nSPS) is 13.4. The van der Waals surface area contributed by atoms with Crippen LogP contribution in [0.2, 0.25) is 0 Å². The first kappa shape index (κ1) is 29.2. The largest absolute Gasteiger partial charge is 0.455 e. The molecule has 9 aromatic rings. The average molecular weight is 654 g/mol. The second-order valence-corrected chi connectivity index (χ2v) is 12.9. The summed E-state index contributed by atoms with van der Waals surface area (Å²) in [5, 5.41) is 4.45. The van der Waals surface area contributed by atoms with Crippen molar-refractivity contribution in [3.8, 4) is 22.3 Å². The number of furan rings is 1. The van der Waals surface area contributed by atoms with Crippen LogP contribution in [0.1, 0.15) is 17.5 Å². The van der Waals surface area contributed by atoms with Crippen molar-refractivity contribution in [2.24, 2.45) is 9.98 Å². The van der Waals surface area contributed by atoms with Crippen LogP contribution in [0, 0.1) is 0 Å². The van der Waals surface area contributed by atoms with Gasteiger partial charge in [0.2, 0.25) is 0 Å². The average Bonchev–Trinajstić information content (AvgIpc) is 3.66. The van der Waals surface area contributed by atoms with Gasteiger partial charge in [-0.05, 0) is 64.2 Å². The fourth-order valence-corrected chi connectivity index (χ4v) is 7.43. The number of nitrogens with zero attached hydrogens (tertiary/aromatic N) is 3. The van der Waals surface area contributed by atoms with Gasteiger partial charge in [0.15, 0.2) is 5.84 Å². The summed E-state index contributed by atoms with van der Waals surface area (Å²) < 4.78 is 8.84. The zero-order valence-corrected chi connectivity index (χ0v) is 27.7. The fraction of sp³-hybridized carbons (Fsp3) is 0.0213. The number of para-hydroxylation sites is 2. The first-order chi connectivity index (χ1) is 25.3. The Kier molecular flexibility index (Phi) is 6.85. The standard InChI is InChI=1S/C47H31N3O/c1-3-12-31(13-4-1)33-22-24-34(25-23-33)47-48-40(36-17-11-16-35(30-36)32-14-5-2-6-15-32)27-29-44(49-47)50-41-20-9-7-19-39(41)45-42(50)28-26-38-37-18-8-10-21-43(37)51-46(38)45/h1-26,28-30H,27H2. The van der Waals surface area contributed by atoms with Crippen molar-refractivity contribution < 1.29 is 4.42 Å². The zero-order valence-electron chi connectivity index (χ0n) is 27.7. The third-order valence-corrected chi connectivity index (χ3v) is 9.90. The van der Waals surface area contributed by atoms with Gasteiger partial charge in [0.05, 0.1) is 22.1 Å². The van der Waals surface area contributed by atoms with Crippen molar-refractivity contribution in [3.63, 3.8) is 0 Å². The molecule has 0 N–H and O–H groups in total. The lowest BCUT2D eigenvalue weighted by Crippen LogP contribution is -2.05. The molecule has 10 rings (SSSR count). The Morgan fingerprint density at radius 3 is 1.88 bits per heavy atom. The number of aliphatic imine (C=N–C) groups is 2. The molecule has 0 radical (unpaired) electrons. The first-order valence-corrected chi connectivity index (χ1v) is 17.3. The number of aromatic nitrogens is 1. The number of rotatable bonds is 5. The molecule has 1 aliphatic heterocycles. The number of amidine groups is 1. The summed E-state index contributed by atoms with van der Waals surface area (Å²) in [6, 6.07) is 59.4. The molecule has 0 amide bonds. The summed E-state index contributed by atoms with van der Waals surface area (Å²) in [5.41, 5.74) is 11.6. The summed E-state index contributed by atoms with van der Waals surface area (Å²) in [4.78, 5) is 10.7. The monoisotopic (exact) mass is 653 g/mol. The predicted octanol–water partition coefficient (Wildman–Crippen LogP) is 12.2. The van der Waals surface area contributed by atoms with Crippen LogP contribution < -0.4 is 0 Å². The lowest BCUT2D eigenvalue weighted by atomic mass is 9.99. The van der Waals surface area contributed by atoms with Gasteiger partial charge < -0.3 is 4.42 Å². The maximum absolute atomic E-state index is 6.57. The fourth-order valence-electron chi connectivity index (χ4n) is 7.43. The van der Waals surface area contributed by atoms with Gasteiger partial charge in [-0.25, -0.2) is 9.98 Å². The van der Waals surface area contributed by atoms with Crippen LogP contribution >= 0.6 is 0 Å². The molecule has 0 atom stereocenters. The Hall–Kier alpha value is -6.78. The molecule has 51 heavy (non-hydrogen) atoms. The van der Waals surface area contributed by atoms with Gasteiger partial charge in [-0.15, -0.1) is 0 Å². The molecule has 0 bridgehead atoms. The molecular formula is C47H31N3O. The Balaban J connectivity index is 1.17. The lowest BCUT2D eigenvalue weighted by molar-refractivity contribution is 0.673. The molecule has 240 valence electrons. The molecule has 0 aliphatic carbocycles. The van der Waals surface area contributed by atoms with E-state index in [9.17, 15) is 0 Å². The molecule has 0 fully saturated rings. The van der Waals surface area contributed by atoms with Crippen LogP contribution in [-0.4, -0.2) is 16.1 Å². The molecule has 2 aromatic heterocycles. The van der Waals surface area contributed by atoms with E-state index in [2.05, 4.69) is 162 Å². The smallest absolute Gasteiger partial charge is 0.161 e. The summed E-state index contributed by atoms with van der Waals surface area (Å²) in [6.07, 6.45) is 2.83. The van der Waals surface area contributed by atoms with Gasteiger partial charge in [-0.2, -0.15) is 0 Å². The van der Waals surface area contributed by atoms with Gasteiger partial charge in [-0.1, -0.05) is 140 Å². The Bertz CT molecular complexity index is 2850. The minimum Gasteiger partial charge on any atom is -0.455 e. The highest BCUT2D eigenvalue weighted by molar-refractivity contribution is 6.24. The van der Waals surface area contributed by atoms with E-state index in [1.807, 2.05) is 18.2 Å². The summed E-state index contributed by atoms with van der Waals surface area (Å²) in [7, 11) is 0. The minimum atomic E-state index is 0.615. The summed E-state index contributed by atoms with van der Waals surface area (Å²) >= 11 is 0. The number of benzene rings is 7. The van der Waals surface area contributed by atoms with Crippen molar-refractivity contribution in [3.05, 3.63) is 187 Å². The maximum Gasteiger partial charge on any atom is 0.161 e. The van der Waals surface area contributed by atoms with Crippen molar-refractivity contribution >= 4 is 61.1 Å². The van der Waals surface area contributed by atoms with E-state index in [1.165, 1.54) is 11.1 Å². The van der Waals surface area contributed by atoms with Crippen LogP contribution in [-0.2, 0) is 0 Å². The first-order valence-electron chi connectivity index (χ1n) is 17.3. The van der Waals surface area contributed by atoms with Gasteiger partial charge in [0.1, 0.15) is 17.0 Å². The third-order valence-electron chi connectivity index (χ3n) is 9.90. The number of hydrogen-bond acceptors (Lipinski definition) is 3. The Labute approximate surface area is 295 Å². The SMILES string of the molecule is C1=C(n2c3ccccc3c3c4oc5ccccc5c4ccc32)N=C(c2ccc(-c3ccccc3)cc2)N=C(c2cccc(-c3ccccc3)c2)C1. The molecule has 4 nitrogen and oxygen atoms in total. The molecule has 0 saturated carbocycles. The molecule has 1 aliphatic rings. The molecule has 0 spiro atoms. The quantitative estimate of drug-likeness (QED) is 0.182. The maximum atomic E-state index is 6.57. The lowest BCUT2D eigenvalue weighted by Gasteiger charge is -2.10. The van der Waals surface area contributed by atoms with Gasteiger partial charge in [0, 0.05) is 28.1 Å². The van der Waals surface area contributed by atoms with Crippen LogP contribution in [0.25, 0.3) is 71.8 Å². The van der Waals surface area contributed by atoms with E-state index in [0.717, 1.165) is 77.5 Å². The second kappa shape index (κ2) is 12.0. The van der Waals surface area contributed by atoms with Crippen molar-refractivity contribution in [2.75, 3.05) is 0 Å². The second-order valence-electron chi connectivity index (χ2n) is 12.9. The summed E-state index contributed by atoms with van der Waals surface area (Å²) in [5.74, 6) is 1.51. The number of hydrogen-bond donors (Lipinski definition) is 0. The highest BCUT2D eigenvalue weighted by Crippen LogP contribution is 2.41. The zero-order chi connectivity index (χ0) is 33.7. The highest BCUT2D eigenvalue weighted by Gasteiger charge is 2.21. The third kappa shape index (κ3) is 5.00. The molecular weight excluding hydrogens is 623 g/mol. The van der Waals surface area contributed by atoms with Crippen molar-refractivity contribution in [2.45, 2.75) is 6.42 Å². The van der Waals surface area contributed by atoms with Crippen LogP contribution in [0.5, 0.6) is 0 Å². The number of allylic oxidation sites excluding steroid dienone is 1. The van der Waals surface area contributed by atoms with E-state index < -0.39 is 0 Å². The Morgan fingerprint density at radius 2 is 1.08 bits per heavy atom. The predicted molar refractivity (Wildman–Crippen MR) is 212 cm³/mol. The van der Waals surface area contributed by atoms with Crippen LogP contribution in [0.4, 0.5) is 0 Å². The summed E-state index contributed by atoms with van der Waals surface area (Å²) in [6.45, 7) is 0. The molecule has 4 heteroatoms. The van der Waals surface area contributed by atoms with Crippen molar-refractivity contribution in [1.29, 1.82) is 0 Å². The van der Waals surface area contributed by atoms with Gasteiger partial charge in [-0.3, -0.25) is 4.57 Å². The minimum absolute atomic E-state index is 0.615. The van der Waals surface area contributed by atoms with Crippen molar-refractivity contribution in [1.82, 2.24) is 4.57 Å². The molecule has 3 heterocycles. The van der Waals surface area contributed by atoms with Crippen LogP contribution in [0.15, 0.2) is 190 Å². The van der Waals surface area contributed by atoms with E-state index in [1.54, 1.807) is 0 Å². The molecule has 0 unspecified atom stereocenters. The van der Waals surface area contributed by atoms with E-state index in [4.69, 9.17) is 14.4 Å².